The zero-order chi connectivity index (χ0) is 21.4. The van der Waals surface area contributed by atoms with Crippen LogP contribution < -0.4 is 15.0 Å². The first kappa shape index (κ1) is 19.6. The van der Waals surface area contributed by atoms with Gasteiger partial charge in [0.2, 0.25) is 0 Å². The second-order valence-corrected chi connectivity index (χ2v) is 8.69. The van der Waals surface area contributed by atoms with E-state index in [1.54, 1.807) is 0 Å². The first-order valence-electron chi connectivity index (χ1n) is 10.7. The largest absolute Gasteiger partial charge is 0.417 e. The van der Waals surface area contributed by atoms with Crippen LogP contribution in [0.2, 0.25) is 0 Å². The molecule has 0 saturated carbocycles. The molecule has 3 aromatic rings. The standard InChI is InChI=1S/C26H27N3O2/c1-26-15-16-28(2)24(26)29(18-19-9-5-3-6-10-19)23-14-13-21(17-22(23)26)31-25(30)27-20-11-7-4-8-12-20/h3-14,17,24H,15-16,18H2,1-2H3,(H,27,30)/t24?,26-/m1/s1. The van der Waals surface area contributed by atoms with Crippen molar-refractivity contribution in [1.29, 1.82) is 0 Å². The van der Waals surface area contributed by atoms with Crippen molar-refractivity contribution in [3.63, 3.8) is 0 Å². The molecule has 1 saturated heterocycles. The lowest BCUT2D eigenvalue weighted by Gasteiger charge is -2.35. The molecule has 5 rings (SSSR count). The van der Waals surface area contributed by atoms with Crippen molar-refractivity contribution >= 4 is 17.5 Å². The van der Waals surface area contributed by atoms with Crippen LogP contribution in [0.4, 0.5) is 16.2 Å². The van der Waals surface area contributed by atoms with Crippen LogP contribution in [0.1, 0.15) is 24.5 Å². The van der Waals surface area contributed by atoms with Crippen LogP contribution in [0.3, 0.4) is 0 Å². The molecule has 1 N–H and O–H groups in total. The van der Waals surface area contributed by atoms with Gasteiger partial charge < -0.3 is 9.64 Å². The van der Waals surface area contributed by atoms with Gasteiger partial charge in [0.1, 0.15) is 5.75 Å². The van der Waals surface area contributed by atoms with Gasteiger partial charge in [-0.3, -0.25) is 10.2 Å². The monoisotopic (exact) mass is 413 g/mol. The molecule has 158 valence electrons. The lowest BCUT2D eigenvalue weighted by molar-refractivity contribution is 0.215. The van der Waals surface area contributed by atoms with E-state index in [-0.39, 0.29) is 11.6 Å². The van der Waals surface area contributed by atoms with Crippen LogP contribution in [0.5, 0.6) is 5.75 Å². The smallest absolute Gasteiger partial charge is 0.410 e. The van der Waals surface area contributed by atoms with E-state index in [2.05, 4.69) is 71.6 Å². The SMILES string of the molecule is CN1CC[C@]2(C)c3cc(OC(=O)Nc4ccccc4)ccc3N(Cc3ccccc3)C12. The van der Waals surface area contributed by atoms with Crippen molar-refractivity contribution in [3.8, 4) is 5.75 Å². The minimum atomic E-state index is -0.476. The number of nitrogens with one attached hydrogen (secondary N) is 1. The number of likely N-dealkylation sites (tertiary alicyclic amines) is 1. The maximum Gasteiger partial charge on any atom is 0.417 e. The average Bonchev–Trinajstić information content (AvgIpc) is 3.21. The first-order chi connectivity index (χ1) is 15.0. The Morgan fingerprint density at radius 1 is 1.06 bits per heavy atom. The van der Waals surface area contributed by atoms with Gasteiger partial charge in [0, 0.05) is 29.9 Å². The van der Waals surface area contributed by atoms with Gasteiger partial charge in [-0.1, -0.05) is 55.5 Å². The number of anilines is 2. The molecule has 5 nitrogen and oxygen atoms in total. The Hall–Kier alpha value is -3.31. The summed E-state index contributed by atoms with van der Waals surface area (Å²) < 4.78 is 5.64. The quantitative estimate of drug-likeness (QED) is 0.636. The summed E-state index contributed by atoms with van der Waals surface area (Å²) in [5, 5.41) is 2.78. The third-order valence-corrected chi connectivity index (χ3v) is 6.59. The third kappa shape index (κ3) is 3.55. The van der Waals surface area contributed by atoms with E-state index in [0.29, 0.717) is 11.4 Å². The Labute approximate surface area is 183 Å². The normalized spacial score (nSPS) is 22.1. The number of likely N-dealkylation sites (N-methyl/N-ethyl adjacent to an activating group) is 1. The molecule has 1 unspecified atom stereocenters. The maximum atomic E-state index is 12.4. The van der Waals surface area contributed by atoms with Gasteiger partial charge in [0.05, 0.1) is 6.17 Å². The third-order valence-electron chi connectivity index (χ3n) is 6.59. The fourth-order valence-electron chi connectivity index (χ4n) is 5.14. The molecule has 31 heavy (non-hydrogen) atoms. The van der Waals surface area contributed by atoms with E-state index < -0.39 is 6.09 Å². The number of ether oxygens (including phenoxy) is 1. The van der Waals surface area contributed by atoms with E-state index in [1.165, 1.54) is 16.8 Å². The Kier molecular flexibility index (Phi) is 4.91. The summed E-state index contributed by atoms with van der Waals surface area (Å²) in [6.45, 7) is 4.23. The Balaban J connectivity index is 1.43. The Morgan fingerprint density at radius 3 is 2.52 bits per heavy atom. The fourth-order valence-corrected chi connectivity index (χ4v) is 5.14. The number of carbonyl (C=O) groups excluding carboxylic acids is 1. The van der Waals surface area contributed by atoms with E-state index in [9.17, 15) is 4.79 Å². The van der Waals surface area contributed by atoms with E-state index in [0.717, 1.165) is 19.5 Å². The summed E-state index contributed by atoms with van der Waals surface area (Å²) in [6, 6.07) is 26.0. The molecule has 1 fully saturated rings. The summed E-state index contributed by atoms with van der Waals surface area (Å²) in [5.74, 6) is 0.572. The first-order valence-corrected chi connectivity index (χ1v) is 10.7. The highest BCUT2D eigenvalue weighted by atomic mass is 16.6. The molecule has 2 heterocycles. The molecule has 2 aliphatic rings. The summed E-state index contributed by atoms with van der Waals surface area (Å²) >= 11 is 0. The van der Waals surface area contributed by atoms with E-state index in [1.807, 2.05) is 36.4 Å². The summed E-state index contributed by atoms with van der Waals surface area (Å²) in [5.41, 5.74) is 4.47. The highest BCUT2D eigenvalue weighted by molar-refractivity contribution is 5.86. The van der Waals surface area contributed by atoms with Crippen LogP contribution >= 0.6 is 0 Å². The van der Waals surface area contributed by atoms with Gasteiger partial charge in [0.15, 0.2) is 0 Å². The highest BCUT2D eigenvalue weighted by Crippen LogP contribution is 2.52. The predicted octanol–water partition coefficient (Wildman–Crippen LogP) is 5.24. The van der Waals surface area contributed by atoms with Crippen molar-refractivity contribution in [3.05, 3.63) is 90.0 Å². The van der Waals surface area contributed by atoms with Gasteiger partial charge in [0.25, 0.3) is 0 Å². The summed E-state index contributed by atoms with van der Waals surface area (Å²) in [4.78, 5) is 17.3. The van der Waals surface area contributed by atoms with Gasteiger partial charge in [-0.15, -0.1) is 0 Å². The second-order valence-electron chi connectivity index (χ2n) is 8.69. The number of hydrogen-bond acceptors (Lipinski definition) is 4. The number of nitrogens with zero attached hydrogens (tertiary/aromatic N) is 2. The minimum absolute atomic E-state index is 0.00581. The number of amides is 1. The van der Waals surface area contributed by atoms with Crippen LogP contribution in [0, 0.1) is 0 Å². The van der Waals surface area contributed by atoms with Crippen LogP contribution in [0.15, 0.2) is 78.9 Å². The van der Waals surface area contributed by atoms with Gasteiger partial charge >= 0.3 is 6.09 Å². The van der Waals surface area contributed by atoms with Gasteiger partial charge in [-0.2, -0.15) is 0 Å². The number of hydrogen-bond donors (Lipinski definition) is 1. The lowest BCUT2D eigenvalue weighted by atomic mass is 9.81. The number of rotatable bonds is 4. The predicted molar refractivity (Wildman–Crippen MR) is 124 cm³/mol. The van der Waals surface area contributed by atoms with Crippen molar-refractivity contribution in [2.24, 2.45) is 0 Å². The second kappa shape index (κ2) is 7.75. The van der Waals surface area contributed by atoms with Crippen LogP contribution in [0.25, 0.3) is 0 Å². The Bertz CT molecular complexity index is 1090. The molecule has 0 bridgehead atoms. The van der Waals surface area contributed by atoms with Crippen LogP contribution in [-0.2, 0) is 12.0 Å². The molecule has 5 heteroatoms. The highest BCUT2D eigenvalue weighted by Gasteiger charge is 2.53. The molecule has 1 amide bonds. The van der Waals surface area contributed by atoms with E-state index in [4.69, 9.17) is 4.74 Å². The van der Waals surface area contributed by atoms with Crippen molar-refractivity contribution in [2.75, 3.05) is 23.8 Å². The number of para-hydroxylation sites is 1. The molecular formula is C26H27N3O2. The molecule has 0 aliphatic carbocycles. The number of carbonyl (C=O) groups is 1. The lowest BCUT2D eigenvalue weighted by Crippen LogP contribution is -2.46. The molecule has 0 radical (unpaired) electrons. The van der Waals surface area contributed by atoms with Crippen molar-refractivity contribution < 1.29 is 9.53 Å². The molecule has 2 aliphatic heterocycles. The van der Waals surface area contributed by atoms with Crippen molar-refractivity contribution in [2.45, 2.75) is 31.5 Å². The zero-order valence-electron chi connectivity index (χ0n) is 17.9. The van der Waals surface area contributed by atoms with E-state index >= 15 is 0 Å². The molecule has 0 spiro atoms. The molecule has 3 aromatic carbocycles. The Morgan fingerprint density at radius 2 is 1.77 bits per heavy atom. The summed E-state index contributed by atoms with van der Waals surface area (Å²) in [6.07, 6.45) is 0.887. The summed E-state index contributed by atoms with van der Waals surface area (Å²) in [7, 11) is 2.20. The number of benzene rings is 3. The number of fused-ring (bicyclic) bond motifs is 3. The molecule has 0 aromatic heterocycles. The zero-order valence-corrected chi connectivity index (χ0v) is 17.9. The molecule has 2 atom stereocenters. The fraction of sp³-hybridized carbons (Fsp3) is 0.269. The molecular weight excluding hydrogens is 386 g/mol. The van der Waals surface area contributed by atoms with Crippen molar-refractivity contribution in [1.82, 2.24) is 4.90 Å². The van der Waals surface area contributed by atoms with Gasteiger partial charge in [-0.05, 0) is 54.9 Å². The maximum absolute atomic E-state index is 12.4. The van der Waals surface area contributed by atoms with Gasteiger partial charge in [-0.25, -0.2) is 4.79 Å². The minimum Gasteiger partial charge on any atom is -0.410 e. The average molecular weight is 414 g/mol. The topological polar surface area (TPSA) is 44.8 Å². The van der Waals surface area contributed by atoms with Crippen LogP contribution in [-0.4, -0.2) is 30.8 Å².